The monoisotopic (exact) mass is 468 g/mol. The van der Waals surface area contributed by atoms with E-state index in [0.717, 1.165) is 23.8 Å². The van der Waals surface area contributed by atoms with Gasteiger partial charge in [-0.05, 0) is 43.2 Å². The molecule has 178 valence electrons. The van der Waals surface area contributed by atoms with Crippen LogP contribution in [-0.4, -0.2) is 43.0 Å². The quantitative estimate of drug-likeness (QED) is 0.369. The van der Waals surface area contributed by atoms with Crippen LogP contribution in [0.3, 0.4) is 0 Å². The van der Waals surface area contributed by atoms with E-state index < -0.39 is 30.8 Å². The molecule has 2 rings (SSSR count). The first kappa shape index (κ1) is 25.7. The number of aryl methyl sites for hydroxylation is 1. The predicted molar refractivity (Wildman–Crippen MR) is 115 cm³/mol. The molecule has 0 saturated heterocycles. The van der Waals surface area contributed by atoms with E-state index in [0.29, 0.717) is 12.1 Å². The molecule has 1 N–H and O–H groups in total. The number of nitrogens with zero attached hydrogens (tertiary/aromatic N) is 1. The normalized spacial score (nSPS) is 11.2. The average Bonchev–Trinajstić information content (AvgIpc) is 2.73. The molecule has 2 aromatic rings. The minimum absolute atomic E-state index is 0.0473. The Morgan fingerprint density at radius 3 is 2.39 bits per heavy atom. The number of amides is 2. The van der Waals surface area contributed by atoms with Gasteiger partial charge in [0, 0.05) is 29.9 Å². The van der Waals surface area contributed by atoms with Crippen molar-refractivity contribution in [2.45, 2.75) is 33.5 Å². The Morgan fingerprint density at radius 1 is 1.06 bits per heavy atom. The van der Waals surface area contributed by atoms with Crippen LogP contribution in [0.1, 0.15) is 24.5 Å². The van der Waals surface area contributed by atoms with Crippen LogP contribution in [-0.2, 0) is 9.59 Å². The molecule has 0 heterocycles. The number of anilines is 1. The number of halogens is 4. The lowest BCUT2D eigenvalue weighted by atomic mass is 10.1. The number of nitrogens with one attached hydrogen (secondary N) is 1. The number of para-hydroxylation sites is 1. The summed E-state index contributed by atoms with van der Waals surface area (Å²) in [5.41, 5.74) is 1.54. The van der Waals surface area contributed by atoms with Gasteiger partial charge >= 0.3 is 13.2 Å². The molecule has 0 fully saturated rings. The van der Waals surface area contributed by atoms with E-state index in [-0.39, 0.29) is 24.4 Å². The summed E-state index contributed by atoms with van der Waals surface area (Å²) in [5, 5.41) is 2.74. The van der Waals surface area contributed by atoms with Crippen LogP contribution in [0, 0.1) is 6.92 Å². The van der Waals surface area contributed by atoms with Gasteiger partial charge in [-0.25, -0.2) is 0 Å². The molecular weight excluding hydrogens is 444 g/mol. The maximum absolute atomic E-state index is 12.7. The number of alkyl halides is 4. The first-order valence-electron chi connectivity index (χ1n) is 10.1. The van der Waals surface area contributed by atoms with Gasteiger partial charge in [-0.3, -0.25) is 9.59 Å². The number of carbonyl (C=O) groups excluding carboxylic acids is 2. The van der Waals surface area contributed by atoms with Gasteiger partial charge in [-0.2, -0.15) is 17.6 Å². The molecule has 0 radical (unpaired) electrons. The molecular formula is C23H24F4N2O4. The van der Waals surface area contributed by atoms with Gasteiger partial charge in [0.1, 0.15) is 18.0 Å². The number of rotatable bonds is 11. The van der Waals surface area contributed by atoms with Crippen molar-refractivity contribution in [1.29, 1.82) is 0 Å². The lowest BCUT2D eigenvalue weighted by Gasteiger charge is -2.20. The minimum atomic E-state index is -3.21. The van der Waals surface area contributed by atoms with Crippen molar-refractivity contribution in [2.24, 2.45) is 0 Å². The molecule has 33 heavy (non-hydrogen) atoms. The third kappa shape index (κ3) is 8.47. The summed E-state index contributed by atoms with van der Waals surface area (Å²) in [6, 6.07) is 10.4. The Hall–Kier alpha value is -3.56. The zero-order valence-electron chi connectivity index (χ0n) is 18.1. The highest BCUT2D eigenvalue weighted by atomic mass is 19.3. The summed E-state index contributed by atoms with van der Waals surface area (Å²) in [7, 11) is 0. The Bertz CT molecular complexity index is 983. The van der Waals surface area contributed by atoms with Crippen molar-refractivity contribution in [1.82, 2.24) is 4.90 Å². The number of hydrogen-bond donors (Lipinski definition) is 1. The van der Waals surface area contributed by atoms with Gasteiger partial charge in [0.25, 0.3) is 0 Å². The summed E-state index contributed by atoms with van der Waals surface area (Å²) < 4.78 is 58.7. The summed E-state index contributed by atoms with van der Waals surface area (Å²) in [6.45, 7) is -2.61. The molecule has 0 aliphatic heterocycles. The standard InChI is InChI=1S/C23H24F4N2O4/c1-3-12-29(14-20(30)28-18-7-5-4-6-15(18)2)21(31)11-9-16-8-10-17(32-22(24)25)13-19(16)33-23(26)27/h4-11,13,22-23H,3,12,14H2,1-2H3,(H,28,30)/b11-9+. The summed E-state index contributed by atoms with van der Waals surface area (Å²) in [4.78, 5) is 26.4. The third-order valence-corrected chi connectivity index (χ3v) is 4.39. The minimum Gasteiger partial charge on any atom is -0.435 e. The predicted octanol–water partition coefficient (Wildman–Crippen LogP) is 5.09. The van der Waals surface area contributed by atoms with E-state index in [1.165, 1.54) is 17.0 Å². The number of ether oxygens (including phenoxy) is 2. The van der Waals surface area contributed by atoms with Crippen molar-refractivity contribution < 1.29 is 36.6 Å². The highest BCUT2D eigenvalue weighted by molar-refractivity contribution is 5.98. The van der Waals surface area contributed by atoms with Crippen molar-refractivity contribution in [3.63, 3.8) is 0 Å². The Morgan fingerprint density at radius 2 is 1.76 bits per heavy atom. The molecule has 0 spiro atoms. The molecule has 0 atom stereocenters. The van der Waals surface area contributed by atoms with Gasteiger partial charge in [0.15, 0.2) is 0 Å². The number of benzene rings is 2. The molecule has 0 aliphatic carbocycles. The van der Waals surface area contributed by atoms with E-state index in [4.69, 9.17) is 0 Å². The topological polar surface area (TPSA) is 67.9 Å². The molecule has 6 nitrogen and oxygen atoms in total. The summed E-state index contributed by atoms with van der Waals surface area (Å²) in [6.07, 6.45) is 2.88. The van der Waals surface area contributed by atoms with Crippen LogP contribution in [0.15, 0.2) is 48.5 Å². The van der Waals surface area contributed by atoms with E-state index in [9.17, 15) is 27.2 Å². The van der Waals surface area contributed by atoms with Gasteiger partial charge in [0.05, 0.1) is 0 Å². The second-order valence-electron chi connectivity index (χ2n) is 6.91. The molecule has 0 unspecified atom stereocenters. The molecule has 2 amide bonds. The van der Waals surface area contributed by atoms with Crippen molar-refractivity contribution in [2.75, 3.05) is 18.4 Å². The largest absolute Gasteiger partial charge is 0.435 e. The van der Waals surface area contributed by atoms with E-state index in [2.05, 4.69) is 14.8 Å². The Labute approximate surface area is 188 Å². The summed E-state index contributed by atoms with van der Waals surface area (Å²) in [5.74, 6) is -1.74. The highest BCUT2D eigenvalue weighted by Gasteiger charge is 2.16. The molecule has 0 saturated carbocycles. The fraction of sp³-hybridized carbons (Fsp3) is 0.304. The SMILES string of the molecule is CCCN(CC(=O)Nc1ccccc1C)C(=O)/C=C/c1ccc(OC(F)F)cc1OC(F)F. The van der Waals surface area contributed by atoms with Gasteiger partial charge in [-0.15, -0.1) is 0 Å². The molecule has 0 aliphatic rings. The van der Waals surface area contributed by atoms with Crippen LogP contribution in [0.4, 0.5) is 23.2 Å². The first-order chi connectivity index (χ1) is 15.7. The highest BCUT2D eigenvalue weighted by Crippen LogP contribution is 2.28. The van der Waals surface area contributed by atoms with Gasteiger partial charge in [-0.1, -0.05) is 25.1 Å². The van der Waals surface area contributed by atoms with Crippen LogP contribution in [0.25, 0.3) is 6.08 Å². The van der Waals surface area contributed by atoms with Crippen molar-refractivity contribution >= 4 is 23.6 Å². The zero-order valence-corrected chi connectivity index (χ0v) is 18.1. The first-order valence-corrected chi connectivity index (χ1v) is 10.1. The zero-order chi connectivity index (χ0) is 24.4. The van der Waals surface area contributed by atoms with Crippen LogP contribution >= 0.6 is 0 Å². The number of carbonyl (C=O) groups is 2. The maximum Gasteiger partial charge on any atom is 0.387 e. The van der Waals surface area contributed by atoms with Crippen LogP contribution < -0.4 is 14.8 Å². The van der Waals surface area contributed by atoms with Crippen molar-refractivity contribution in [3.8, 4) is 11.5 Å². The lowest BCUT2D eigenvalue weighted by Crippen LogP contribution is -2.37. The molecule has 0 aromatic heterocycles. The van der Waals surface area contributed by atoms with Crippen molar-refractivity contribution in [3.05, 3.63) is 59.7 Å². The Balaban J connectivity index is 2.14. The Kier molecular flexibility index (Phi) is 9.71. The summed E-state index contributed by atoms with van der Waals surface area (Å²) >= 11 is 0. The van der Waals surface area contributed by atoms with E-state index >= 15 is 0 Å². The van der Waals surface area contributed by atoms with Gasteiger partial charge < -0.3 is 19.7 Å². The fourth-order valence-corrected chi connectivity index (χ4v) is 2.91. The van der Waals surface area contributed by atoms with E-state index in [1.54, 1.807) is 12.1 Å². The molecule has 10 heteroatoms. The smallest absolute Gasteiger partial charge is 0.387 e. The maximum atomic E-state index is 12.7. The third-order valence-electron chi connectivity index (χ3n) is 4.39. The average molecular weight is 468 g/mol. The van der Waals surface area contributed by atoms with E-state index in [1.807, 2.05) is 26.0 Å². The molecule has 2 aromatic carbocycles. The second-order valence-corrected chi connectivity index (χ2v) is 6.91. The second kappa shape index (κ2) is 12.5. The molecule has 0 bridgehead atoms. The number of hydrogen-bond acceptors (Lipinski definition) is 4. The van der Waals surface area contributed by atoms with Crippen LogP contribution in [0.5, 0.6) is 11.5 Å². The lowest BCUT2D eigenvalue weighted by molar-refractivity contribution is -0.130. The van der Waals surface area contributed by atoms with Crippen LogP contribution in [0.2, 0.25) is 0 Å². The fourth-order valence-electron chi connectivity index (χ4n) is 2.91. The van der Waals surface area contributed by atoms with Gasteiger partial charge in [0.2, 0.25) is 11.8 Å².